The molecule has 0 heterocycles. The van der Waals surface area contributed by atoms with Gasteiger partial charge in [0.1, 0.15) is 0 Å². The SMILES string of the molecule is CCC1CCC(NCCC(O)C(C)C)C1. The Bertz CT molecular complexity index is 170. The molecule has 1 rings (SSSR count). The molecule has 0 aromatic heterocycles. The van der Waals surface area contributed by atoms with Crippen molar-refractivity contribution in [1.82, 2.24) is 5.32 Å². The first-order chi connectivity index (χ1) is 7.13. The highest BCUT2D eigenvalue weighted by molar-refractivity contribution is 4.80. The molecule has 0 saturated heterocycles. The quantitative estimate of drug-likeness (QED) is 0.711. The summed E-state index contributed by atoms with van der Waals surface area (Å²) in [5.41, 5.74) is 0. The van der Waals surface area contributed by atoms with Crippen LogP contribution >= 0.6 is 0 Å². The molecule has 1 saturated carbocycles. The molecule has 1 aliphatic carbocycles. The van der Waals surface area contributed by atoms with E-state index in [1.165, 1.54) is 25.7 Å². The topological polar surface area (TPSA) is 32.3 Å². The van der Waals surface area contributed by atoms with Crippen molar-refractivity contribution >= 4 is 0 Å². The Morgan fingerprint density at radius 1 is 1.33 bits per heavy atom. The van der Waals surface area contributed by atoms with Gasteiger partial charge >= 0.3 is 0 Å². The molecule has 1 aliphatic rings. The molecule has 0 aromatic rings. The van der Waals surface area contributed by atoms with E-state index in [4.69, 9.17) is 0 Å². The minimum atomic E-state index is -0.138. The fraction of sp³-hybridized carbons (Fsp3) is 1.00. The lowest BCUT2D eigenvalue weighted by Gasteiger charge is -2.17. The fourth-order valence-electron chi connectivity index (χ4n) is 2.40. The molecule has 0 amide bonds. The summed E-state index contributed by atoms with van der Waals surface area (Å²) in [7, 11) is 0. The lowest BCUT2D eigenvalue weighted by molar-refractivity contribution is 0.115. The third-order valence-electron chi connectivity index (χ3n) is 3.76. The Labute approximate surface area is 94.5 Å². The molecule has 15 heavy (non-hydrogen) atoms. The lowest BCUT2D eigenvalue weighted by Crippen LogP contribution is -2.30. The summed E-state index contributed by atoms with van der Waals surface area (Å²) in [6.45, 7) is 7.41. The van der Waals surface area contributed by atoms with E-state index >= 15 is 0 Å². The van der Waals surface area contributed by atoms with Crippen LogP contribution in [0.2, 0.25) is 0 Å². The van der Waals surface area contributed by atoms with E-state index < -0.39 is 0 Å². The number of rotatable bonds is 6. The Kier molecular flexibility index (Phi) is 5.62. The van der Waals surface area contributed by atoms with E-state index in [-0.39, 0.29) is 6.10 Å². The van der Waals surface area contributed by atoms with Crippen LogP contribution in [0.15, 0.2) is 0 Å². The normalized spacial score (nSPS) is 28.6. The fourth-order valence-corrected chi connectivity index (χ4v) is 2.40. The zero-order chi connectivity index (χ0) is 11.3. The van der Waals surface area contributed by atoms with Crippen LogP contribution in [-0.2, 0) is 0 Å². The van der Waals surface area contributed by atoms with Gasteiger partial charge in [-0.1, -0.05) is 27.2 Å². The van der Waals surface area contributed by atoms with Crippen molar-refractivity contribution in [2.24, 2.45) is 11.8 Å². The number of nitrogens with one attached hydrogen (secondary N) is 1. The van der Waals surface area contributed by atoms with E-state index in [0.717, 1.165) is 18.9 Å². The van der Waals surface area contributed by atoms with Crippen LogP contribution in [0.1, 0.15) is 52.9 Å². The first-order valence-corrected chi connectivity index (χ1v) is 6.55. The molecule has 3 unspecified atom stereocenters. The summed E-state index contributed by atoms with van der Waals surface area (Å²) in [6, 6.07) is 0.717. The highest BCUT2D eigenvalue weighted by Crippen LogP contribution is 2.27. The van der Waals surface area contributed by atoms with Crippen LogP contribution < -0.4 is 5.32 Å². The van der Waals surface area contributed by atoms with Crippen LogP contribution in [0.4, 0.5) is 0 Å². The van der Waals surface area contributed by atoms with Crippen LogP contribution in [-0.4, -0.2) is 23.8 Å². The van der Waals surface area contributed by atoms with Crippen molar-refractivity contribution in [3.8, 4) is 0 Å². The molecule has 2 N–H and O–H groups in total. The van der Waals surface area contributed by atoms with Crippen molar-refractivity contribution in [2.75, 3.05) is 6.54 Å². The first kappa shape index (κ1) is 13.0. The summed E-state index contributed by atoms with van der Waals surface area (Å²) < 4.78 is 0. The van der Waals surface area contributed by atoms with Gasteiger partial charge in [0.2, 0.25) is 0 Å². The smallest absolute Gasteiger partial charge is 0.0575 e. The molecule has 0 spiro atoms. The number of aliphatic hydroxyl groups is 1. The molecule has 0 aliphatic heterocycles. The summed E-state index contributed by atoms with van der Waals surface area (Å²) in [6.07, 6.45) is 6.14. The van der Waals surface area contributed by atoms with Crippen molar-refractivity contribution in [2.45, 2.75) is 65.0 Å². The van der Waals surface area contributed by atoms with Gasteiger partial charge in [0.15, 0.2) is 0 Å². The lowest BCUT2D eigenvalue weighted by atomic mass is 10.0. The molecule has 90 valence electrons. The number of hydrogen-bond acceptors (Lipinski definition) is 2. The van der Waals surface area contributed by atoms with Crippen LogP contribution in [0.25, 0.3) is 0 Å². The molecule has 1 fully saturated rings. The van der Waals surface area contributed by atoms with Gasteiger partial charge < -0.3 is 10.4 Å². The maximum atomic E-state index is 9.66. The van der Waals surface area contributed by atoms with Crippen molar-refractivity contribution < 1.29 is 5.11 Å². The van der Waals surface area contributed by atoms with Gasteiger partial charge in [-0.25, -0.2) is 0 Å². The Balaban J connectivity index is 2.06. The highest BCUT2D eigenvalue weighted by Gasteiger charge is 2.22. The third-order valence-corrected chi connectivity index (χ3v) is 3.76. The van der Waals surface area contributed by atoms with Gasteiger partial charge in [-0.15, -0.1) is 0 Å². The molecule has 0 radical (unpaired) electrons. The maximum Gasteiger partial charge on any atom is 0.0575 e. The minimum Gasteiger partial charge on any atom is -0.393 e. The standard InChI is InChI=1S/C13H27NO/c1-4-11-5-6-12(9-11)14-8-7-13(15)10(2)3/h10-15H,4-9H2,1-3H3. The molecular formula is C13H27NO. The molecular weight excluding hydrogens is 186 g/mol. The van der Waals surface area contributed by atoms with Gasteiger partial charge in [-0.3, -0.25) is 0 Å². The average Bonchev–Trinajstić information content (AvgIpc) is 2.65. The van der Waals surface area contributed by atoms with Gasteiger partial charge in [-0.2, -0.15) is 0 Å². The zero-order valence-corrected chi connectivity index (χ0v) is 10.5. The van der Waals surface area contributed by atoms with Crippen LogP contribution in [0.3, 0.4) is 0 Å². The second-order valence-corrected chi connectivity index (χ2v) is 5.34. The largest absolute Gasteiger partial charge is 0.393 e. The molecule has 0 bridgehead atoms. The second-order valence-electron chi connectivity index (χ2n) is 5.34. The Morgan fingerprint density at radius 3 is 2.60 bits per heavy atom. The second kappa shape index (κ2) is 6.49. The third kappa shape index (κ3) is 4.52. The van der Waals surface area contributed by atoms with Gasteiger partial charge in [-0.05, 0) is 44.1 Å². The summed E-state index contributed by atoms with van der Waals surface area (Å²) in [4.78, 5) is 0. The van der Waals surface area contributed by atoms with Crippen molar-refractivity contribution in [3.63, 3.8) is 0 Å². The van der Waals surface area contributed by atoms with E-state index in [1.807, 2.05) is 0 Å². The van der Waals surface area contributed by atoms with Gasteiger partial charge in [0.25, 0.3) is 0 Å². The predicted molar refractivity (Wildman–Crippen MR) is 64.9 cm³/mol. The monoisotopic (exact) mass is 213 g/mol. The van der Waals surface area contributed by atoms with Crippen LogP contribution in [0.5, 0.6) is 0 Å². The molecule has 0 aromatic carbocycles. The van der Waals surface area contributed by atoms with E-state index in [1.54, 1.807) is 0 Å². The Morgan fingerprint density at radius 2 is 2.07 bits per heavy atom. The van der Waals surface area contributed by atoms with E-state index in [9.17, 15) is 5.11 Å². The predicted octanol–water partition coefficient (Wildman–Crippen LogP) is 2.56. The average molecular weight is 213 g/mol. The minimum absolute atomic E-state index is 0.138. The van der Waals surface area contributed by atoms with Crippen molar-refractivity contribution in [1.29, 1.82) is 0 Å². The summed E-state index contributed by atoms with van der Waals surface area (Å²) in [5.74, 6) is 1.33. The number of aliphatic hydroxyl groups excluding tert-OH is 1. The van der Waals surface area contributed by atoms with Crippen LogP contribution in [0, 0.1) is 11.8 Å². The van der Waals surface area contributed by atoms with E-state index in [0.29, 0.717) is 12.0 Å². The van der Waals surface area contributed by atoms with Gasteiger partial charge in [0, 0.05) is 6.04 Å². The molecule has 3 atom stereocenters. The van der Waals surface area contributed by atoms with Gasteiger partial charge in [0.05, 0.1) is 6.10 Å². The Hall–Kier alpha value is -0.0800. The summed E-state index contributed by atoms with van der Waals surface area (Å²) in [5, 5.41) is 13.2. The maximum absolute atomic E-state index is 9.66. The zero-order valence-electron chi connectivity index (χ0n) is 10.5. The highest BCUT2D eigenvalue weighted by atomic mass is 16.3. The summed E-state index contributed by atoms with van der Waals surface area (Å²) >= 11 is 0. The molecule has 2 heteroatoms. The first-order valence-electron chi connectivity index (χ1n) is 6.55. The van der Waals surface area contributed by atoms with E-state index in [2.05, 4.69) is 26.1 Å². The van der Waals surface area contributed by atoms with Crippen molar-refractivity contribution in [3.05, 3.63) is 0 Å². The molecule has 2 nitrogen and oxygen atoms in total. The number of hydrogen-bond donors (Lipinski definition) is 2.